The summed E-state index contributed by atoms with van der Waals surface area (Å²) in [6.45, 7) is 11.1. The third-order valence-electron chi connectivity index (χ3n) is 5.07. The van der Waals surface area contributed by atoms with Crippen LogP contribution in [0.3, 0.4) is 0 Å². The lowest BCUT2D eigenvalue weighted by Crippen LogP contribution is -2.40. The van der Waals surface area contributed by atoms with Gasteiger partial charge in [0.15, 0.2) is 0 Å². The highest BCUT2D eigenvalue weighted by molar-refractivity contribution is 4.77. The van der Waals surface area contributed by atoms with Gasteiger partial charge in [-0.25, -0.2) is 0 Å². The molecule has 3 nitrogen and oxygen atoms in total. The van der Waals surface area contributed by atoms with E-state index in [0.29, 0.717) is 6.04 Å². The second-order valence-electron chi connectivity index (χ2n) is 7.12. The van der Waals surface area contributed by atoms with E-state index in [1.807, 2.05) is 0 Å². The molecule has 0 saturated carbocycles. The Bertz CT molecular complexity index is 243. The smallest absolute Gasteiger partial charge is 0.00817 e. The van der Waals surface area contributed by atoms with Crippen molar-refractivity contribution in [2.45, 2.75) is 70.9 Å². The van der Waals surface area contributed by atoms with Gasteiger partial charge in [-0.1, -0.05) is 13.3 Å². The second kappa shape index (κ2) is 9.01. The molecule has 0 aromatic heterocycles. The van der Waals surface area contributed by atoms with Crippen molar-refractivity contribution in [3.63, 3.8) is 0 Å². The molecular weight excluding hydrogens is 246 g/mol. The van der Waals surface area contributed by atoms with E-state index >= 15 is 0 Å². The molecule has 118 valence electrons. The minimum absolute atomic E-state index is 0.659. The van der Waals surface area contributed by atoms with Gasteiger partial charge < -0.3 is 15.5 Å². The summed E-state index contributed by atoms with van der Waals surface area (Å²) >= 11 is 0. The van der Waals surface area contributed by atoms with Crippen molar-refractivity contribution in [3.05, 3.63) is 0 Å². The van der Waals surface area contributed by atoms with Crippen molar-refractivity contribution in [1.29, 1.82) is 0 Å². The highest BCUT2D eigenvalue weighted by Crippen LogP contribution is 2.16. The molecule has 2 fully saturated rings. The molecule has 3 heteroatoms. The summed E-state index contributed by atoms with van der Waals surface area (Å²) in [4.78, 5) is 2.65. The average Bonchev–Trinajstić information content (AvgIpc) is 2.46. The zero-order chi connectivity index (χ0) is 14.2. The zero-order valence-electron chi connectivity index (χ0n) is 13.7. The van der Waals surface area contributed by atoms with Gasteiger partial charge in [0.25, 0.3) is 0 Å². The summed E-state index contributed by atoms with van der Waals surface area (Å²) < 4.78 is 0. The van der Waals surface area contributed by atoms with Crippen LogP contribution < -0.4 is 10.6 Å². The Balaban J connectivity index is 1.47. The molecule has 2 heterocycles. The van der Waals surface area contributed by atoms with E-state index in [0.717, 1.165) is 12.0 Å². The standard InChI is InChI=1S/C17H35N3/c1-15-7-12-20(13-8-15)11-5-10-18-16(2)14-17-6-3-4-9-19-17/h15-19H,3-14H2,1-2H3. The second-order valence-corrected chi connectivity index (χ2v) is 7.12. The molecule has 0 radical (unpaired) electrons. The van der Waals surface area contributed by atoms with E-state index in [1.165, 1.54) is 77.7 Å². The van der Waals surface area contributed by atoms with Gasteiger partial charge in [-0.3, -0.25) is 0 Å². The van der Waals surface area contributed by atoms with E-state index in [9.17, 15) is 0 Å². The summed E-state index contributed by atoms with van der Waals surface area (Å²) in [6.07, 6.45) is 9.55. The lowest BCUT2D eigenvalue weighted by molar-refractivity contribution is 0.189. The maximum atomic E-state index is 3.71. The monoisotopic (exact) mass is 281 g/mol. The van der Waals surface area contributed by atoms with Crippen LogP contribution in [0.4, 0.5) is 0 Å². The SMILES string of the molecule is CC1CCN(CCCNC(C)CC2CCCCN2)CC1. The largest absolute Gasteiger partial charge is 0.314 e. The first-order valence-electron chi connectivity index (χ1n) is 8.93. The van der Waals surface area contributed by atoms with Crippen LogP contribution in [0.5, 0.6) is 0 Å². The predicted octanol–water partition coefficient (Wildman–Crippen LogP) is 2.62. The highest BCUT2D eigenvalue weighted by Gasteiger charge is 2.16. The van der Waals surface area contributed by atoms with E-state index < -0.39 is 0 Å². The molecule has 2 aliphatic rings. The van der Waals surface area contributed by atoms with Gasteiger partial charge in [-0.15, -0.1) is 0 Å². The first-order chi connectivity index (χ1) is 9.74. The van der Waals surface area contributed by atoms with Crippen molar-refractivity contribution in [1.82, 2.24) is 15.5 Å². The minimum atomic E-state index is 0.659. The zero-order valence-corrected chi connectivity index (χ0v) is 13.7. The van der Waals surface area contributed by atoms with Crippen LogP contribution in [0.1, 0.15) is 58.8 Å². The molecule has 2 saturated heterocycles. The first kappa shape index (κ1) is 16.3. The van der Waals surface area contributed by atoms with Crippen LogP contribution in [0.25, 0.3) is 0 Å². The fourth-order valence-corrected chi connectivity index (χ4v) is 3.57. The quantitative estimate of drug-likeness (QED) is 0.703. The Kier molecular flexibility index (Phi) is 7.32. The molecule has 2 N–H and O–H groups in total. The topological polar surface area (TPSA) is 27.3 Å². The number of hydrogen-bond donors (Lipinski definition) is 2. The maximum Gasteiger partial charge on any atom is 0.00817 e. The third kappa shape index (κ3) is 6.11. The van der Waals surface area contributed by atoms with Crippen LogP contribution in [-0.2, 0) is 0 Å². The molecule has 0 aromatic carbocycles. The normalized spacial score (nSPS) is 27.6. The average molecular weight is 281 g/mol. The molecule has 2 atom stereocenters. The summed E-state index contributed by atoms with van der Waals surface area (Å²) in [5.41, 5.74) is 0. The Labute approximate surface area is 125 Å². The van der Waals surface area contributed by atoms with Crippen molar-refractivity contribution < 1.29 is 0 Å². The molecule has 20 heavy (non-hydrogen) atoms. The van der Waals surface area contributed by atoms with Gasteiger partial charge in [0.2, 0.25) is 0 Å². The Morgan fingerprint density at radius 2 is 2.00 bits per heavy atom. The number of likely N-dealkylation sites (tertiary alicyclic amines) is 1. The van der Waals surface area contributed by atoms with Crippen molar-refractivity contribution >= 4 is 0 Å². The summed E-state index contributed by atoms with van der Waals surface area (Å²) in [7, 11) is 0. The van der Waals surface area contributed by atoms with Gasteiger partial charge in [0, 0.05) is 12.1 Å². The number of hydrogen-bond acceptors (Lipinski definition) is 3. The Hall–Kier alpha value is -0.120. The van der Waals surface area contributed by atoms with Crippen LogP contribution in [0.15, 0.2) is 0 Å². The van der Waals surface area contributed by atoms with Crippen LogP contribution in [0.2, 0.25) is 0 Å². The lowest BCUT2D eigenvalue weighted by atomic mass is 9.98. The molecule has 2 unspecified atom stereocenters. The summed E-state index contributed by atoms with van der Waals surface area (Å²) in [5.74, 6) is 0.951. The fourth-order valence-electron chi connectivity index (χ4n) is 3.57. The number of nitrogens with zero attached hydrogens (tertiary/aromatic N) is 1. The number of rotatable bonds is 7. The molecule has 2 aliphatic heterocycles. The first-order valence-corrected chi connectivity index (χ1v) is 8.93. The fraction of sp³-hybridized carbons (Fsp3) is 1.00. The molecular formula is C17H35N3. The minimum Gasteiger partial charge on any atom is -0.314 e. The summed E-state index contributed by atoms with van der Waals surface area (Å²) in [6, 6.07) is 1.42. The third-order valence-corrected chi connectivity index (χ3v) is 5.07. The van der Waals surface area contributed by atoms with E-state index in [2.05, 4.69) is 29.4 Å². The van der Waals surface area contributed by atoms with Gasteiger partial charge in [0.05, 0.1) is 0 Å². The molecule has 0 aromatic rings. The van der Waals surface area contributed by atoms with E-state index in [-0.39, 0.29) is 0 Å². The molecule has 0 bridgehead atoms. The molecule has 0 aliphatic carbocycles. The van der Waals surface area contributed by atoms with Crippen molar-refractivity contribution in [3.8, 4) is 0 Å². The van der Waals surface area contributed by atoms with Gasteiger partial charge in [-0.2, -0.15) is 0 Å². The molecule has 0 spiro atoms. The van der Waals surface area contributed by atoms with Crippen LogP contribution >= 0.6 is 0 Å². The maximum absolute atomic E-state index is 3.71. The Morgan fingerprint density at radius 1 is 1.20 bits per heavy atom. The number of nitrogens with one attached hydrogen (secondary N) is 2. The van der Waals surface area contributed by atoms with Crippen molar-refractivity contribution in [2.24, 2.45) is 5.92 Å². The number of piperidine rings is 2. The lowest BCUT2D eigenvalue weighted by Gasteiger charge is -2.30. The van der Waals surface area contributed by atoms with Gasteiger partial charge >= 0.3 is 0 Å². The van der Waals surface area contributed by atoms with Gasteiger partial charge in [0.1, 0.15) is 0 Å². The highest BCUT2D eigenvalue weighted by atomic mass is 15.1. The van der Waals surface area contributed by atoms with E-state index in [1.54, 1.807) is 0 Å². The molecule has 0 amide bonds. The van der Waals surface area contributed by atoms with Crippen LogP contribution in [0, 0.1) is 5.92 Å². The summed E-state index contributed by atoms with van der Waals surface area (Å²) in [5, 5.41) is 7.36. The predicted molar refractivity (Wildman–Crippen MR) is 87.2 cm³/mol. The van der Waals surface area contributed by atoms with E-state index in [4.69, 9.17) is 0 Å². The van der Waals surface area contributed by atoms with Crippen molar-refractivity contribution in [2.75, 3.05) is 32.7 Å². The Morgan fingerprint density at radius 3 is 2.70 bits per heavy atom. The van der Waals surface area contributed by atoms with Gasteiger partial charge in [-0.05, 0) is 84.1 Å². The molecule has 2 rings (SSSR count). The van der Waals surface area contributed by atoms with Crippen LogP contribution in [-0.4, -0.2) is 49.7 Å².